The number of methoxy groups -OCH3 is 1. The lowest BCUT2D eigenvalue weighted by Gasteiger charge is -2.28. The van der Waals surface area contributed by atoms with Crippen molar-refractivity contribution in [1.82, 2.24) is 25.5 Å². The van der Waals surface area contributed by atoms with Gasteiger partial charge in [0.25, 0.3) is 0 Å². The van der Waals surface area contributed by atoms with Gasteiger partial charge in [-0.15, -0.1) is 5.10 Å². The van der Waals surface area contributed by atoms with Crippen molar-refractivity contribution in [3.8, 4) is 11.4 Å². The zero-order chi connectivity index (χ0) is 17.1. The summed E-state index contributed by atoms with van der Waals surface area (Å²) < 4.78 is 12.5. The van der Waals surface area contributed by atoms with Crippen LogP contribution in [0.25, 0.3) is 5.69 Å². The summed E-state index contributed by atoms with van der Waals surface area (Å²) in [5.74, 6) is 2.57. The van der Waals surface area contributed by atoms with E-state index in [0.717, 1.165) is 48.7 Å². The van der Waals surface area contributed by atoms with Gasteiger partial charge in [0.15, 0.2) is 5.82 Å². The molecule has 0 atom stereocenters. The van der Waals surface area contributed by atoms with Gasteiger partial charge in [0.1, 0.15) is 11.5 Å². The van der Waals surface area contributed by atoms with Crippen LogP contribution in [-0.4, -0.2) is 27.3 Å². The Hall–Kier alpha value is -2.67. The maximum atomic E-state index is 5.46. The molecule has 130 valence electrons. The van der Waals surface area contributed by atoms with E-state index < -0.39 is 0 Å². The Balaban J connectivity index is 1.65. The van der Waals surface area contributed by atoms with Gasteiger partial charge in [-0.1, -0.05) is 12.8 Å². The molecule has 1 aliphatic carbocycles. The number of ether oxygens (including phenoxy) is 1. The summed E-state index contributed by atoms with van der Waals surface area (Å²) in [6.07, 6.45) is 6.01. The number of hydrogen-bond acceptors (Lipinski definition) is 6. The second-order valence-electron chi connectivity index (χ2n) is 6.33. The van der Waals surface area contributed by atoms with Crippen molar-refractivity contribution in [2.75, 3.05) is 7.11 Å². The quantitative estimate of drug-likeness (QED) is 0.744. The Morgan fingerprint density at radius 3 is 2.68 bits per heavy atom. The van der Waals surface area contributed by atoms with Gasteiger partial charge in [-0.3, -0.25) is 5.32 Å². The molecule has 0 aliphatic heterocycles. The van der Waals surface area contributed by atoms with Crippen molar-refractivity contribution in [1.29, 1.82) is 0 Å². The maximum absolute atomic E-state index is 5.46. The lowest BCUT2D eigenvalue weighted by atomic mass is 9.96. The Morgan fingerprint density at radius 1 is 1.20 bits per heavy atom. The molecule has 2 heterocycles. The molecule has 0 spiro atoms. The van der Waals surface area contributed by atoms with Gasteiger partial charge >= 0.3 is 0 Å². The number of tetrazole rings is 1. The fourth-order valence-electron chi connectivity index (χ4n) is 3.51. The average Bonchev–Trinajstić information content (AvgIpc) is 3.41. The molecule has 7 heteroatoms. The average molecular weight is 339 g/mol. The van der Waals surface area contributed by atoms with E-state index in [-0.39, 0.29) is 5.54 Å². The van der Waals surface area contributed by atoms with Crippen LogP contribution in [0.5, 0.6) is 5.75 Å². The van der Waals surface area contributed by atoms with E-state index in [1.54, 1.807) is 13.4 Å². The van der Waals surface area contributed by atoms with Crippen molar-refractivity contribution in [2.24, 2.45) is 0 Å². The van der Waals surface area contributed by atoms with Gasteiger partial charge in [-0.2, -0.15) is 4.68 Å². The normalized spacial score (nSPS) is 16.2. The van der Waals surface area contributed by atoms with Gasteiger partial charge in [-0.25, -0.2) is 0 Å². The number of rotatable bonds is 6. The predicted octanol–water partition coefficient (Wildman–Crippen LogP) is 2.82. The SMILES string of the molecule is COc1ccc(-n2nnnc2C2(NCc3ccco3)CCCC2)cc1. The second kappa shape index (κ2) is 6.68. The van der Waals surface area contributed by atoms with Gasteiger partial charge in [0, 0.05) is 0 Å². The molecule has 0 unspecified atom stereocenters. The van der Waals surface area contributed by atoms with Crippen LogP contribution in [0.2, 0.25) is 0 Å². The minimum atomic E-state index is -0.240. The van der Waals surface area contributed by atoms with Crippen LogP contribution < -0.4 is 10.1 Å². The maximum Gasteiger partial charge on any atom is 0.176 e. The van der Waals surface area contributed by atoms with Crippen LogP contribution in [-0.2, 0) is 12.1 Å². The third-order valence-electron chi connectivity index (χ3n) is 4.85. The molecule has 7 nitrogen and oxygen atoms in total. The topological polar surface area (TPSA) is 78.0 Å². The standard InChI is InChI=1S/C18H21N5O2/c1-24-15-8-6-14(7-9-15)23-17(20-21-22-23)18(10-2-3-11-18)19-13-16-5-4-12-25-16/h4-9,12,19H,2-3,10-11,13H2,1H3. The number of nitrogens with one attached hydrogen (secondary N) is 1. The van der Waals surface area contributed by atoms with Crippen molar-refractivity contribution >= 4 is 0 Å². The summed E-state index contributed by atoms with van der Waals surface area (Å²) in [7, 11) is 1.66. The first-order valence-electron chi connectivity index (χ1n) is 8.51. The largest absolute Gasteiger partial charge is 0.497 e. The first-order valence-corrected chi connectivity index (χ1v) is 8.51. The molecule has 4 rings (SSSR count). The molecule has 3 aromatic rings. The van der Waals surface area contributed by atoms with Crippen molar-refractivity contribution in [3.05, 3.63) is 54.2 Å². The Bertz CT molecular complexity index is 804. The third-order valence-corrected chi connectivity index (χ3v) is 4.85. The van der Waals surface area contributed by atoms with Crippen LogP contribution in [0.15, 0.2) is 47.1 Å². The number of furan rings is 1. The fraction of sp³-hybridized carbons (Fsp3) is 0.389. The van der Waals surface area contributed by atoms with Crippen LogP contribution in [0.4, 0.5) is 0 Å². The van der Waals surface area contributed by atoms with Crippen molar-refractivity contribution < 1.29 is 9.15 Å². The Labute approximate surface area is 146 Å². The molecule has 0 saturated heterocycles. The zero-order valence-corrected chi connectivity index (χ0v) is 14.2. The number of hydrogen-bond donors (Lipinski definition) is 1. The molecule has 25 heavy (non-hydrogen) atoms. The van der Waals surface area contributed by atoms with E-state index in [9.17, 15) is 0 Å². The van der Waals surface area contributed by atoms with E-state index in [4.69, 9.17) is 9.15 Å². The van der Waals surface area contributed by atoms with Gasteiger partial charge in [0.05, 0.1) is 31.1 Å². The third kappa shape index (κ3) is 3.02. The second-order valence-corrected chi connectivity index (χ2v) is 6.33. The molecule has 1 saturated carbocycles. The van der Waals surface area contributed by atoms with Gasteiger partial charge < -0.3 is 9.15 Å². The van der Waals surface area contributed by atoms with Gasteiger partial charge in [-0.05, 0) is 59.7 Å². The minimum Gasteiger partial charge on any atom is -0.497 e. The molecule has 0 amide bonds. The van der Waals surface area contributed by atoms with E-state index in [2.05, 4.69) is 20.8 Å². The molecule has 1 aromatic carbocycles. The Morgan fingerprint density at radius 2 is 2.00 bits per heavy atom. The number of aromatic nitrogens is 4. The highest BCUT2D eigenvalue weighted by Crippen LogP contribution is 2.38. The van der Waals surface area contributed by atoms with E-state index in [1.165, 1.54) is 0 Å². The predicted molar refractivity (Wildman–Crippen MR) is 91.4 cm³/mol. The van der Waals surface area contributed by atoms with E-state index in [1.807, 2.05) is 41.1 Å². The van der Waals surface area contributed by atoms with Crippen molar-refractivity contribution in [3.63, 3.8) is 0 Å². The molecular formula is C18H21N5O2. The van der Waals surface area contributed by atoms with E-state index in [0.29, 0.717) is 6.54 Å². The van der Waals surface area contributed by atoms with Crippen LogP contribution >= 0.6 is 0 Å². The highest BCUT2D eigenvalue weighted by atomic mass is 16.5. The van der Waals surface area contributed by atoms with Crippen LogP contribution in [0.3, 0.4) is 0 Å². The van der Waals surface area contributed by atoms with Crippen LogP contribution in [0, 0.1) is 0 Å². The lowest BCUT2D eigenvalue weighted by Crippen LogP contribution is -2.41. The van der Waals surface area contributed by atoms with Crippen LogP contribution in [0.1, 0.15) is 37.3 Å². The summed E-state index contributed by atoms with van der Waals surface area (Å²) in [5.41, 5.74) is 0.683. The van der Waals surface area contributed by atoms with E-state index >= 15 is 0 Å². The molecule has 1 fully saturated rings. The van der Waals surface area contributed by atoms with Crippen molar-refractivity contribution in [2.45, 2.75) is 37.8 Å². The lowest BCUT2D eigenvalue weighted by molar-refractivity contribution is 0.298. The summed E-state index contributed by atoms with van der Waals surface area (Å²) in [4.78, 5) is 0. The highest BCUT2D eigenvalue weighted by molar-refractivity contribution is 5.37. The zero-order valence-electron chi connectivity index (χ0n) is 14.2. The smallest absolute Gasteiger partial charge is 0.176 e. The summed E-state index contributed by atoms with van der Waals surface area (Å²) in [5, 5.41) is 16.2. The number of nitrogens with zero attached hydrogens (tertiary/aromatic N) is 4. The minimum absolute atomic E-state index is 0.240. The summed E-state index contributed by atoms with van der Waals surface area (Å²) >= 11 is 0. The molecule has 1 N–H and O–H groups in total. The monoisotopic (exact) mass is 339 g/mol. The molecule has 1 aliphatic rings. The molecule has 0 radical (unpaired) electrons. The first-order chi connectivity index (χ1) is 12.3. The highest BCUT2D eigenvalue weighted by Gasteiger charge is 2.40. The summed E-state index contributed by atoms with van der Waals surface area (Å²) in [6, 6.07) is 11.6. The summed E-state index contributed by atoms with van der Waals surface area (Å²) in [6.45, 7) is 0.655. The first kappa shape index (κ1) is 15.8. The molecule has 2 aromatic heterocycles. The van der Waals surface area contributed by atoms with Gasteiger partial charge in [0.2, 0.25) is 0 Å². The molecular weight excluding hydrogens is 318 g/mol. The fourth-order valence-corrected chi connectivity index (χ4v) is 3.51. The molecule has 0 bridgehead atoms. The number of benzene rings is 1. The Kier molecular flexibility index (Phi) is 4.23.